The minimum atomic E-state index is -0.853. The van der Waals surface area contributed by atoms with E-state index >= 15 is 0 Å². The zero-order valence-corrected chi connectivity index (χ0v) is 13.8. The number of carboxylic acids is 1. The first-order chi connectivity index (χ1) is 11.1. The second-order valence-corrected chi connectivity index (χ2v) is 6.10. The van der Waals surface area contributed by atoms with Crippen LogP contribution in [0.25, 0.3) is 0 Å². The number of benzene rings is 1. The van der Waals surface area contributed by atoms with Crippen LogP contribution in [0.5, 0.6) is 0 Å². The van der Waals surface area contributed by atoms with Crippen LogP contribution in [0.1, 0.15) is 31.7 Å². The fraction of sp³-hybridized carbons (Fsp3) is 0.556. The van der Waals surface area contributed by atoms with E-state index in [1.807, 2.05) is 25.1 Å². The van der Waals surface area contributed by atoms with Gasteiger partial charge in [0.2, 0.25) is 5.91 Å². The van der Waals surface area contributed by atoms with Gasteiger partial charge in [0.1, 0.15) is 0 Å². The Morgan fingerprint density at radius 3 is 2.43 bits per heavy atom. The van der Waals surface area contributed by atoms with E-state index in [0.717, 1.165) is 32.5 Å². The van der Waals surface area contributed by atoms with Crippen molar-refractivity contribution < 1.29 is 14.7 Å². The highest BCUT2D eigenvalue weighted by Gasteiger charge is 2.28. The summed E-state index contributed by atoms with van der Waals surface area (Å²) in [5, 5.41) is 8.78. The quantitative estimate of drug-likeness (QED) is 0.837. The SMILES string of the molecule is CCN(CCC(=O)O)C(=O)C1CCN(Cc2ccccc2)CC1. The Morgan fingerprint density at radius 1 is 1.22 bits per heavy atom. The van der Waals surface area contributed by atoms with Crippen molar-refractivity contribution in [3.05, 3.63) is 35.9 Å². The van der Waals surface area contributed by atoms with Gasteiger partial charge in [-0.05, 0) is 38.4 Å². The van der Waals surface area contributed by atoms with Crippen LogP contribution in [-0.4, -0.2) is 53.0 Å². The van der Waals surface area contributed by atoms with E-state index in [4.69, 9.17) is 5.11 Å². The molecule has 0 unspecified atom stereocenters. The molecule has 0 bridgehead atoms. The Kier molecular flexibility index (Phi) is 6.59. The van der Waals surface area contributed by atoms with Gasteiger partial charge in [-0.25, -0.2) is 0 Å². The third-order valence-corrected chi connectivity index (χ3v) is 4.47. The highest BCUT2D eigenvalue weighted by atomic mass is 16.4. The van der Waals surface area contributed by atoms with Gasteiger partial charge in [0.15, 0.2) is 0 Å². The standard InChI is InChI=1S/C18H26N2O3/c1-2-20(13-10-17(21)22)18(23)16-8-11-19(12-9-16)14-15-6-4-3-5-7-15/h3-7,16H,2,8-14H2,1H3,(H,21,22). The van der Waals surface area contributed by atoms with Gasteiger partial charge in [-0.2, -0.15) is 0 Å². The summed E-state index contributed by atoms with van der Waals surface area (Å²) in [6.07, 6.45) is 1.73. The van der Waals surface area contributed by atoms with Crippen molar-refractivity contribution in [2.45, 2.75) is 32.7 Å². The van der Waals surface area contributed by atoms with Crippen LogP contribution >= 0.6 is 0 Å². The maximum Gasteiger partial charge on any atom is 0.305 e. The number of carboxylic acid groups (broad SMARTS) is 1. The molecule has 1 aliphatic heterocycles. The van der Waals surface area contributed by atoms with Gasteiger partial charge in [0, 0.05) is 25.6 Å². The molecule has 1 amide bonds. The van der Waals surface area contributed by atoms with E-state index in [1.165, 1.54) is 5.56 Å². The molecule has 1 aromatic carbocycles. The molecule has 0 atom stereocenters. The van der Waals surface area contributed by atoms with Crippen molar-refractivity contribution in [3.63, 3.8) is 0 Å². The number of aliphatic carboxylic acids is 1. The second-order valence-electron chi connectivity index (χ2n) is 6.10. The highest BCUT2D eigenvalue weighted by molar-refractivity contribution is 5.79. The topological polar surface area (TPSA) is 60.9 Å². The van der Waals surface area contributed by atoms with E-state index < -0.39 is 5.97 Å². The summed E-state index contributed by atoms with van der Waals surface area (Å²) in [7, 11) is 0. The maximum absolute atomic E-state index is 12.5. The molecule has 1 saturated heterocycles. The molecular formula is C18H26N2O3. The summed E-state index contributed by atoms with van der Waals surface area (Å²) in [4.78, 5) is 27.3. The summed E-state index contributed by atoms with van der Waals surface area (Å²) in [6.45, 7) is 5.57. The lowest BCUT2D eigenvalue weighted by Crippen LogP contribution is -2.43. The average molecular weight is 318 g/mol. The predicted octanol–water partition coefficient (Wildman–Crippen LogP) is 2.22. The molecule has 1 heterocycles. The van der Waals surface area contributed by atoms with Crippen LogP contribution in [0.4, 0.5) is 0 Å². The number of piperidine rings is 1. The van der Waals surface area contributed by atoms with Crippen molar-refractivity contribution >= 4 is 11.9 Å². The third-order valence-electron chi connectivity index (χ3n) is 4.47. The smallest absolute Gasteiger partial charge is 0.305 e. The molecule has 2 rings (SSSR count). The van der Waals surface area contributed by atoms with Crippen LogP contribution in [0, 0.1) is 5.92 Å². The number of amides is 1. The van der Waals surface area contributed by atoms with Gasteiger partial charge in [0.05, 0.1) is 6.42 Å². The van der Waals surface area contributed by atoms with Crippen LogP contribution in [0.15, 0.2) is 30.3 Å². The van der Waals surface area contributed by atoms with Gasteiger partial charge >= 0.3 is 5.97 Å². The van der Waals surface area contributed by atoms with E-state index in [9.17, 15) is 9.59 Å². The highest BCUT2D eigenvalue weighted by Crippen LogP contribution is 2.21. The van der Waals surface area contributed by atoms with Crippen molar-refractivity contribution in [1.82, 2.24) is 9.80 Å². The lowest BCUT2D eigenvalue weighted by molar-refractivity contribution is -0.140. The molecular weight excluding hydrogens is 292 g/mol. The number of nitrogens with zero attached hydrogens (tertiary/aromatic N) is 2. The number of carbonyl (C=O) groups is 2. The summed E-state index contributed by atoms with van der Waals surface area (Å²) in [6, 6.07) is 10.4. The Hall–Kier alpha value is -1.88. The molecule has 0 radical (unpaired) electrons. The molecule has 23 heavy (non-hydrogen) atoms. The normalized spacial score (nSPS) is 16.2. The molecule has 0 aliphatic carbocycles. The van der Waals surface area contributed by atoms with E-state index in [2.05, 4.69) is 17.0 Å². The Bertz CT molecular complexity index is 510. The van der Waals surface area contributed by atoms with Gasteiger partial charge < -0.3 is 10.0 Å². The molecule has 1 aromatic rings. The third kappa shape index (κ3) is 5.36. The largest absolute Gasteiger partial charge is 0.481 e. The molecule has 1 N–H and O–H groups in total. The summed E-state index contributed by atoms with van der Waals surface area (Å²) >= 11 is 0. The molecule has 1 aliphatic rings. The molecule has 1 fully saturated rings. The van der Waals surface area contributed by atoms with Crippen molar-refractivity contribution in [1.29, 1.82) is 0 Å². The fourth-order valence-corrected chi connectivity index (χ4v) is 3.09. The Morgan fingerprint density at radius 2 is 1.87 bits per heavy atom. The minimum absolute atomic E-state index is 0.0203. The van der Waals surface area contributed by atoms with Gasteiger partial charge in [-0.1, -0.05) is 30.3 Å². The van der Waals surface area contributed by atoms with Crippen LogP contribution < -0.4 is 0 Å². The minimum Gasteiger partial charge on any atom is -0.481 e. The first kappa shape index (κ1) is 17.5. The predicted molar refractivity (Wildman–Crippen MR) is 88.9 cm³/mol. The van der Waals surface area contributed by atoms with E-state index in [1.54, 1.807) is 4.90 Å². The number of likely N-dealkylation sites (tertiary alicyclic amines) is 1. The number of carbonyl (C=O) groups excluding carboxylic acids is 1. The van der Waals surface area contributed by atoms with Gasteiger partial charge in [-0.3, -0.25) is 14.5 Å². The summed E-state index contributed by atoms with van der Waals surface area (Å²) in [5.41, 5.74) is 1.30. The average Bonchev–Trinajstić information content (AvgIpc) is 2.56. The van der Waals surface area contributed by atoms with Gasteiger partial charge in [0.25, 0.3) is 0 Å². The monoisotopic (exact) mass is 318 g/mol. The van der Waals surface area contributed by atoms with Crippen LogP contribution in [0.2, 0.25) is 0 Å². The van der Waals surface area contributed by atoms with Gasteiger partial charge in [-0.15, -0.1) is 0 Å². The van der Waals surface area contributed by atoms with Crippen LogP contribution in [0.3, 0.4) is 0 Å². The van der Waals surface area contributed by atoms with Crippen LogP contribution in [-0.2, 0) is 16.1 Å². The summed E-state index contributed by atoms with van der Waals surface area (Å²) < 4.78 is 0. The number of rotatable bonds is 7. The number of hydrogen-bond donors (Lipinski definition) is 1. The second kappa shape index (κ2) is 8.67. The molecule has 5 heteroatoms. The first-order valence-corrected chi connectivity index (χ1v) is 8.37. The lowest BCUT2D eigenvalue weighted by Gasteiger charge is -2.34. The summed E-state index contributed by atoms with van der Waals surface area (Å²) in [5.74, 6) is -0.696. The zero-order valence-electron chi connectivity index (χ0n) is 13.8. The van der Waals surface area contributed by atoms with E-state index in [-0.39, 0.29) is 18.2 Å². The lowest BCUT2D eigenvalue weighted by atomic mass is 9.94. The molecule has 126 valence electrons. The maximum atomic E-state index is 12.5. The Labute approximate surface area is 137 Å². The van der Waals surface area contributed by atoms with Crippen molar-refractivity contribution in [3.8, 4) is 0 Å². The molecule has 0 aromatic heterocycles. The fourth-order valence-electron chi connectivity index (χ4n) is 3.09. The zero-order chi connectivity index (χ0) is 16.7. The Balaban J connectivity index is 1.80. The molecule has 0 saturated carbocycles. The van der Waals surface area contributed by atoms with Crippen molar-refractivity contribution in [2.75, 3.05) is 26.2 Å². The molecule has 0 spiro atoms. The van der Waals surface area contributed by atoms with Crippen molar-refractivity contribution in [2.24, 2.45) is 5.92 Å². The first-order valence-electron chi connectivity index (χ1n) is 8.37. The number of hydrogen-bond acceptors (Lipinski definition) is 3. The molecule has 5 nitrogen and oxygen atoms in total. The van der Waals surface area contributed by atoms with E-state index in [0.29, 0.717) is 13.1 Å².